The molecule has 2 N–H and O–H groups in total. The molecule has 0 spiro atoms. The minimum absolute atomic E-state index is 0.0188. The molecular weight excluding hydrogens is 274 g/mol. The second-order valence-corrected chi connectivity index (χ2v) is 6.86. The van der Waals surface area contributed by atoms with E-state index < -0.39 is 11.5 Å². The minimum atomic E-state index is -0.848. The van der Waals surface area contributed by atoms with E-state index in [1.165, 1.54) is 21.8 Å². The summed E-state index contributed by atoms with van der Waals surface area (Å²) in [7, 11) is 0. The van der Waals surface area contributed by atoms with E-state index in [4.69, 9.17) is 5.11 Å². The summed E-state index contributed by atoms with van der Waals surface area (Å²) in [6.45, 7) is 4.15. The van der Waals surface area contributed by atoms with Crippen molar-refractivity contribution in [3.63, 3.8) is 0 Å². The van der Waals surface area contributed by atoms with E-state index in [9.17, 15) is 9.59 Å². The van der Waals surface area contributed by atoms with Crippen LogP contribution in [-0.4, -0.2) is 22.5 Å². The van der Waals surface area contributed by atoms with Crippen molar-refractivity contribution in [1.29, 1.82) is 0 Å². The zero-order valence-corrected chi connectivity index (χ0v) is 12.8. The van der Waals surface area contributed by atoms with Crippen molar-refractivity contribution in [2.45, 2.75) is 57.9 Å². The highest BCUT2D eigenvalue weighted by Gasteiger charge is 2.40. The molecule has 1 aromatic heterocycles. The second kappa shape index (κ2) is 5.95. The predicted molar refractivity (Wildman–Crippen MR) is 79.4 cm³/mol. The molecule has 1 aliphatic carbocycles. The number of carbonyl (C=O) groups excluding carboxylic acids is 1. The van der Waals surface area contributed by atoms with Crippen LogP contribution in [0.5, 0.6) is 0 Å². The summed E-state index contributed by atoms with van der Waals surface area (Å²) in [6, 6.07) is 1.95. The van der Waals surface area contributed by atoms with Gasteiger partial charge < -0.3 is 10.4 Å². The van der Waals surface area contributed by atoms with Gasteiger partial charge >= 0.3 is 5.97 Å². The summed E-state index contributed by atoms with van der Waals surface area (Å²) in [5.74, 6) is -0.972. The van der Waals surface area contributed by atoms with Gasteiger partial charge in [-0.05, 0) is 44.2 Å². The predicted octanol–water partition coefficient (Wildman–Crippen LogP) is 3.14. The van der Waals surface area contributed by atoms with Gasteiger partial charge in [0.25, 0.3) is 5.91 Å². The monoisotopic (exact) mass is 295 g/mol. The standard InChI is InChI=1S/C15H21NO3S/c1-3-5-11-8-12(20-10(11)2)14(19)16-15(6-4-7-15)9-13(17)18/h8H,3-7,9H2,1-2H3,(H,16,19)(H,17,18). The van der Waals surface area contributed by atoms with Crippen LogP contribution in [0.2, 0.25) is 0 Å². The van der Waals surface area contributed by atoms with Crippen LogP contribution in [0.25, 0.3) is 0 Å². The van der Waals surface area contributed by atoms with Crippen molar-refractivity contribution in [3.05, 3.63) is 21.4 Å². The van der Waals surface area contributed by atoms with Crippen LogP contribution >= 0.6 is 11.3 Å². The first-order valence-electron chi connectivity index (χ1n) is 7.09. The van der Waals surface area contributed by atoms with Crippen molar-refractivity contribution in [2.75, 3.05) is 0 Å². The van der Waals surface area contributed by atoms with Gasteiger partial charge in [0.1, 0.15) is 0 Å². The number of carbonyl (C=O) groups is 2. The first-order valence-corrected chi connectivity index (χ1v) is 7.91. The molecule has 0 unspecified atom stereocenters. The van der Waals surface area contributed by atoms with Crippen LogP contribution in [0.3, 0.4) is 0 Å². The molecule has 0 radical (unpaired) electrons. The maximum Gasteiger partial charge on any atom is 0.305 e. The second-order valence-electron chi connectivity index (χ2n) is 5.60. The highest BCUT2D eigenvalue weighted by molar-refractivity contribution is 7.14. The van der Waals surface area contributed by atoms with Gasteiger partial charge in [-0.15, -0.1) is 11.3 Å². The Labute approximate surface area is 123 Å². The molecule has 1 aliphatic rings. The van der Waals surface area contributed by atoms with E-state index >= 15 is 0 Å². The van der Waals surface area contributed by atoms with Crippen molar-refractivity contribution in [1.82, 2.24) is 5.32 Å². The molecule has 20 heavy (non-hydrogen) atoms. The molecule has 0 saturated heterocycles. The Bertz CT molecular complexity index is 517. The smallest absolute Gasteiger partial charge is 0.305 e. The van der Waals surface area contributed by atoms with Crippen molar-refractivity contribution in [3.8, 4) is 0 Å². The molecule has 4 nitrogen and oxygen atoms in total. The topological polar surface area (TPSA) is 66.4 Å². The van der Waals surface area contributed by atoms with Crippen LogP contribution in [-0.2, 0) is 11.2 Å². The molecule has 1 saturated carbocycles. The van der Waals surface area contributed by atoms with Gasteiger partial charge in [-0.25, -0.2) is 0 Å². The third-order valence-electron chi connectivity index (χ3n) is 3.94. The Balaban J connectivity index is 2.07. The summed E-state index contributed by atoms with van der Waals surface area (Å²) in [6.07, 6.45) is 4.56. The van der Waals surface area contributed by atoms with E-state index in [0.29, 0.717) is 4.88 Å². The number of amides is 1. The van der Waals surface area contributed by atoms with Gasteiger partial charge in [0, 0.05) is 4.88 Å². The lowest BCUT2D eigenvalue weighted by molar-refractivity contribution is -0.139. The first-order chi connectivity index (χ1) is 9.46. The molecule has 1 amide bonds. The van der Waals surface area contributed by atoms with Gasteiger partial charge in [-0.2, -0.15) is 0 Å². The van der Waals surface area contributed by atoms with E-state index in [1.807, 2.05) is 13.0 Å². The molecule has 110 valence electrons. The SMILES string of the molecule is CCCc1cc(C(=O)NC2(CC(=O)O)CCC2)sc1C. The zero-order chi connectivity index (χ0) is 14.8. The Morgan fingerprint density at radius 1 is 1.45 bits per heavy atom. The fourth-order valence-electron chi connectivity index (χ4n) is 2.69. The fraction of sp³-hybridized carbons (Fsp3) is 0.600. The summed E-state index contributed by atoms with van der Waals surface area (Å²) in [5.41, 5.74) is 0.703. The van der Waals surface area contributed by atoms with Crippen molar-refractivity contribution < 1.29 is 14.7 Å². The molecule has 0 bridgehead atoms. The molecule has 0 aliphatic heterocycles. The first kappa shape index (κ1) is 15.0. The van der Waals surface area contributed by atoms with Crippen LogP contribution in [0.4, 0.5) is 0 Å². The summed E-state index contributed by atoms with van der Waals surface area (Å²) >= 11 is 1.50. The average Bonchev–Trinajstić information content (AvgIpc) is 2.68. The van der Waals surface area contributed by atoms with Crippen LogP contribution in [0.15, 0.2) is 6.07 Å². The summed E-state index contributed by atoms with van der Waals surface area (Å²) < 4.78 is 0. The lowest BCUT2D eigenvalue weighted by Gasteiger charge is -2.41. The Morgan fingerprint density at radius 2 is 2.15 bits per heavy atom. The number of carboxylic acids is 1. The third kappa shape index (κ3) is 3.20. The zero-order valence-electron chi connectivity index (χ0n) is 12.0. The number of hydrogen-bond acceptors (Lipinski definition) is 3. The fourth-order valence-corrected chi connectivity index (χ4v) is 3.66. The maximum absolute atomic E-state index is 12.3. The molecule has 1 aromatic rings. The van der Waals surface area contributed by atoms with Gasteiger partial charge in [-0.1, -0.05) is 13.3 Å². The minimum Gasteiger partial charge on any atom is -0.481 e. The normalized spacial score (nSPS) is 16.5. The number of rotatable bonds is 6. The number of carboxylic acid groups (broad SMARTS) is 1. The molecule has 5 heteroatoms. The van der Waals surface area contributed by atoms with Crippen molar-refractivity contribution >= 4 is 23.2 Å². The summed E-state index contributed by atoms with van der Waals surface area (Å²) in [5, 5.41) is 11.9. The number of aryl methyl sites for hydroxylation is 2. The molecule has 0 atom stereocenters. The molecule has 1 heterocycles. The van der Waals surface area contributed by atoms with Gasteiger partial charge in [0.05, 0.1) is 16.8 Å². The Hall–Kier alpha value is -1.36. The van der Waals surface area contributed by atoms with Gasteiger partial charge in [-0.3, -0.25) is 9.59 Å². The highest BCUT2D eigenvalue weighted by Crippen LogP contribution is 2.35. The maximum atomic E-state index is 12.3. The lowest BCUT2D eigenvalue weighted by atomic mass is 9.74. The number of thiophene rings is 1. The van der Waals surface area contributed by atoms with E-state index in [0.717, 1.165) is 32.1 Å². The number of nitrogens with one attached hydrogen (secondary N) is 1. The van der Waals surface area contributed by atoms with Gasteiger partial charge in [0.2, 0.25) is 0 Å². The lowest BCUT2D eigenvalue weighted by Crippen LogP contribution is -2.54. The molecule has 0 aromatic carbocycles. The largest absolute Gasteiger partial charge is 0.481 e. The van der Waals surface area contributed by atoms with Crippen molar-refractivity contribution in [2.24, 2.45) is 0 Å². The molecule has 1 fully saturated rings. The highest BCUT2D eigenvalue weighted by atomic mass is 32.1. The molecular formula is C15H21NO3S. The Morgan fingerprint density at radius 3 is 2.65 bits per heavy atom. The average molecular weight is 295 g/mol. The quantitative estimate of drug-likeness (QED) is 0.847. The number of aliphatic carboxylic acids is 1. The Kier molecular flexibility index (Phi) is 4.48. The number of hydrogen-bond donors (Lipinski definition) is 2. The van der Waals surface area contributed by atoms with E-state index in [-0.39, 0.29) is 12.3 Å². The van der Waals surface area contributed by atoms with E-state index in [1.54, 1.807) is 0 Å². The van der Waals surface area contributed by atoms with Gasteiger partial charge in [0.15, 0.2) is 0 Å². The molecule has 2 rings (SSSR count). The van der Waals surface area contributed by atoms with Crippen LogP contribution in [0.1, 0.15) is 59.1 Å². The third-order valence-corrected chi connectivity index (χ3v) is 5.03. The van der Waals surface area contributed by atoms with Crippen LogP contribution in [0, 0.1) is 6.92 Å². The van der Waals surface area contributed by atoms with E-state index in [2.05, 4.69) is 12.2 Å². The van der Waals surface area contributed by atoms with Crippen LogP contribution < -0.4 is 5.32 Å². The summed E-state index contributed by atoms with van der Waals surface area (Å²) in [4.78, 5) is 25.1.